The van der Waals surface area contributed by atoms with Gasteiger partial charge in [-0.3, -0.25) is 14.7 Å². The van der Waals surface area contributed by atoms with Crippen LogP contribution in [-0.2, 0) is 16.1 Å². The van der Waals surface area contributed by atoms with Gasteiger partial charge in [0.25, 0.3) is 5.91 Å². The van der Waals surface area contributed by atoms with E-state index in [2.05, 4.69) is 32.9 Å². The molecule has 1 fully saturated rings. The molecule has 2 aliphatic rings. The van der Waals surface area contributed by atoms with Gasteiger partial charge in [0.1, 0.15) is 17.3 Å². The summed E-state index contributed by atoms with van der Waals surface area (Å²) >= 11 is 11.9. The van der Waals surface area contributed by atoms with Gasteiger partial charge in [-0.1, -0.05) is 29.9 Å². The number of hydrogen-bond donors (Lipinski definition) is 3. The van der Waals surface area contributed by atoms with Crippen LogP contribution in [0.25, 0.3) is 0 Å². The SMILES string of the molecule is COc1c(Cl)cccc1NC(=S)C1=C(NCc2ccncc2OC[C@H]2COCCN2C)CCNC1=O. The van der Waals surface area contributed by atoms with Crippen molar-refractivity contribution >= 4 is 40.4 Å². The first-order valence-corrected chi connectivity index (χ1v) is 12.5. The fourth-order valence-corrected chi connectivity index (χ4v) is 4.63. The van der Waals surface area contributed by atoms with Gasteiger partial charge in [-0.2, -0.15) is 0 Å². The summed E-state index contributed by atoms with van der Waals surface area (Å²) in [5.41, 5.74) is 2.65. The summed E-state index contributed by atoms with van der Waals surface area (Å²) in [5, 5.41) is 9.83. The van der Waals surface area contributed by atoms with Crippen LogP contribution in [-0.4, -0.2) is 73.9 Å². The smallest absolute Gasteiger partial charge is 0.256 e. The molecule has 36 heavy (non-hydrogen) atoms. The molecule has 9 nitrogen and oxygen atoms in total. The van der Waals surface area contributed by atoms with E-state index < -0.39 is 0 Å². The first-order chi connectivity index (χ1) is 17.5. The lowest BCUT2D eigenvalue weighted by molar-refractivity contribution is -0.117. The molecule has 3 heterocycles. The number of amides is 1. The standard InChI is InChI=1S/C25H30ClN5O4S/c1-31-10-11-34-14-17(31)15-35-21-13-27-8-6-16(21)12-29-19-7-9-28-24(32)22(19)25(36)30-20-5-3-4-18(26)23(20)33-2/h3-6,8,13,17,29H,7,9-12,14-15H2,1-2H3,(H,28,32)(H,30,36)/t17-/m1/s1. The fourth-order valence-electron chi connectivity index (χ4n) is 4.05. The van der Waals surface area contributed by atoms with E-state index in [1.807, 2.05) is 6.07 Å². The second-order valence-electron chi connectivity index (χ2n) is 8.49. The van der Waals surface area contributed by atoms with Crippen LogP contribution in [0.2, 0.25) is 5.02 Å². The number of rotatable bonds is 9. The highest BCUT2D eigenvalue weighted by molar-refractivity contribution is 7.81. The van der Waals surface area contributed by atoms with Crippen molar-refractivity contribution in [1.82, 2.24) is 20.5 Å². The van der Waals surface area contributed by atoms with Crippen molar-refractivity contribution in [2.45, 2.75) is 19.0 Å². The summed E-state index contributed by atoms with van der Waals surface area (Å²) < 4.78 is 17.1. The first kappa shape index (κ1) is 26.2. The van der Waals surface area contributed by atoms with Gasteiger partial charge in [0.05, 0.1) is 48.8 Å². The minimum atomic E-state index is -0.242. The van der Waals surface area contributed by atoms with Crippen molar-refractivity contribution in [2.24, 2.45) is 0 Å². The minimum absolute atomic E-state index is 0.183. The van der Waals surface area contributed by atoms with Crippen LogP contribution < -0.4 is 25.4 Å². The molecule has 1 amide bonds. The number of methoxy groups -OCH3 is 1. The van der Waals surface area contributed by atoms with Crippen LogP contribution in [0.5, 0.6) is 11.5 Å². The Morgan fingerprint density at radius 2 is 2.25 bits per heavy atom. The number of nitrogens with zero attached hydrogens (tertiary/aromatic N) is 2. The quantitative estimate of drug-likeness (QED) is 0.422. The number of carbonyl (C=O) groups excluding carboxylic acids is 1. The van der Waals surface area contributed by atoms with Crippen LogP contribution in [0.1, 0.15) is 12.0 Å². The topological polar surface area (TPSA) is 97.0 Å². The van der Waals surface area contributed by atoms with E-state index in [0.29, 0.717) is 60.5 Å². The van der Waals surface area contributed by atoms with Crippen molar-refractivity contribution in [3.63, 3.8) is 0 Å². The predicted molar refractivity (Wildman–Crippen MR) is 143 cm³/mol. The summed E-state index contributed by atoms with van der Waals surface area (Å²) in [6.07, 6.45) is 4.04. The predicted octanol–water partition coefficient (Wildman–Crippen LogP) is 2.76. The van der Waals surface area contributed by atoms with E-state index in [1.165, 1.54) is 7.11 Å². The second kappa shape index (κ2) is 12.4. The maximum atomic E-state index is 12.8. The monoisotopic (exact) mass is 531 g/mol. The molecular weight excluding hydrogens is 502 g/mol. The number of likely N-dealkylation sites (N-methyl/N-ethyl adjacent to an activating group) is 1. The third-order valence-electron chi connectivity index (χ3n) is 6.15. The number of aromatic nitrogens is 1. The molecule has 0 spiro atoms. The Hall–Kier alpha value is -2.92. The molecule has 1 aromatic heterocycles. The molecule has 4 rings (SSSR count). The van der Waals surface area contributed by atoms with Crippen molar-refractivity contribution in [2.75, 3.05) is 52.4 Å². The Kier molecular flexibility index (Phi) is 8.98. The zero-order valence-corrected chi connectivity index (χ0v) is 21.9. The van der Waals surface area contributed by atoms with E-state index in [0.717, 1.165) is 24.4 Å². The number of thiocarbonyl (C=S) groups is 1. The molecular formula is C25H30ClN5O4S. The molecule has 1 saturated heterocycles. The molecule has 1 atom stereocenters. The maximum absolute atomic E-state index is 12.8. The normalized spacial score (nSPS) is 18.4. The third kappa shape index (κ3) is 6.25. The number of nitrogens with one attached hydrogen (secondary N) is 3. The molecule has 0 unspecified atom stereocenters. The number of benzene rings is 1. The largest absolute Gasteiger partial charge is 0.493 e. The summed E-state index contributed by atoms with van der Waals surface area (Å²) in [6, 6.07) is 7.39. The van der Waals surface area contributed by atoms with Crippen molar-refractivity contribution < 1.29 is 19.0 Å². The summed E-state index contributed by atoms with van der Waals surface area (Å²) in [5.74, 6) is 0.907. The molecule has 0 saturated carbocycles. The average Bonchev–Trinajstić information content (AvgIpc) is 2.87. The number of carbonyl (C=O) groups is 1. The molecule has 192 valence electrons. The first-order valence-electron chi connectivity index (χ1n) is 11.7. The number of ether oxygens (including phenoxy) is 3. The highest BCUT2D eigenvalue weighted by Gasteiger charge is 2.25. The van der Waals surface area contributed by atoms with E-state index in [4.69, 9.17) is 38.0 Å². The van der Waals surface area contributed by atoms with Gasteiger partial charge in [-0.25, -0.2) is 0 Å². The zero-order valence-electron chi connectivity index (χ0n) is 20.3. The van der Waals surface area contributed by atoms with E-state index >= 15 is 0 Å². The lowest BCUT2D eigenvalue weighted by Gasteiger charge is -2.32. The lowest BCUT2D eigenvalue weighted by Crippen LogP contribution is -2.46. The molecule has 0 bridgehead atoms. The summed E-state index contributed by atoms with van der Waals surface area (Å²) in [4.78, 5) is 19.5. The van der Waals surface area contributed by atoms with Gasteiger partial charge < -0.3 is 30.2 Å². The molecule has 0 radical (unpaired) electrons. The molecule has 1 aromatic carbocycles. The van der Waals surface area contributed by atoms with Crippen LogP contribution in [0.3, 0.4) is 0 Å². The fraction of sp³-hybridized carbons (Fsp3) is 0.400. The number of halogens is 1. The van der Waals surface area contributed by atoms with E-state index in [-0.39, 0.29) is 16.9 Å². The van der Waals surface area contributed by atoms with Gasteiger partial charge in [0, 0.05) is 43.5 Å². The Balaban J connectivity index is 1.48. The Morgan fingerprint density at radius 3 is 3.06 bits per heavy atom. The summed E-state index contributed by atoms with van der Waals surface area (Å²) in [7, 11) is 3.60. The number of pyridine rings is 1. The zero-order chi connectivity index (χ0) is 25.5. The van der Waals surface area contributed by atoms with E-state index in [1.54, 1.807) is 30.6 Å². The molecule has 2 aromatic rings. The Morgan fingerprint density at radius 1 is 1.39 bits per heavy atom. The van der Waals surface area contributed by atoms with Gasteiger partial charge in [-0.15, -0.1) is 0 Å². The van der Waals surface area contributed by atoms with Gasteiger partial charge in [0.15, 0.2) is 5.75 Å². The Bertz CT molecular complexity index is 1150. The van der Waals surface area contributed by atoms with Gasteiger partial charge in [0.2, 0.25) is 0 Å². The average molecular weight is 532 g/mol. The van der Waals surface area contributed by atoms with Crippen LogP contribution in [0, 0.1) is 0 Å². The van der Waals surface area contributed by atoms with Gasteiger partial charge in [-0.05, 0) is 25.2 Å². The van der Waals surface area contributed by atoms with Gasteiger partial charge >= 0.3 is 0 Å². The van der Waals surface area contributed by atoms with Crippen LogP contribution >= 0.6 is 23.8 Å². The number of morpholine rings is 1. The highest BCUT2D eigenvalue weighted by atomic mass is 35.5. The molecule has 11 heteroatoms. The highest BCUT2D eigenvalue weighted by Crippen LogP contribution is 2.33. The molecule has 2 aliphatic heterocycles. The number of para-hydroxylation sites is 1. The number of anilines is 1. The lowest BCUT2D eigenvalue weighted by atomic mass is 10.1. The van der Waals surface area contributed by atoms with Crippen molar-refractivity contribution in [3.05, 3.63) is 58.5 Å². The van der Waals surface area contributed by atoms with Crippen molar-refractivity contribution in [1.29, 1.82) is 0 Å². The van der Waals surface area contributed by atoms with Crippen LogP contribution in [0.15, 0.2) is 47.9 Å². The van der Waals surface area contributed by atoms with E-state index in [9.17, 15) is 4.79 Å². The number of hydrogen-bond acceptors (Lipinski definition) is 8. The van der Waals surface area contributed by atoms with Crippen LogP contribution in [0.4, 0.5) is 5.69 Å². The third-order valence-corrected chi connectivity index (χ3v) is 6.76. The molecule has 0 aliphatic carbocycles. The Labute approximate surface area is 221 Å². The van der Waals surface area contributed by atoms with Crippen molar-refractivity contribution in [3.8, 4) is 11.5 Å². The second-order valence-corrected chi connectivity index (χ2v) is 9.31. The molecule has 3 N–H and O–H groups in total. The maximum Gasteiger partial charge on any atom is 0.256 e. The minimum Gasteiger partial charge on any atom is -0.493 e. The summed E-state index contributed by atoms with van der Waals surface area (Å²) in [6.45, 7) is 3.72.